The van der Waals surface area contributed by atoms with E-state index in [2.05, 4.69) is 27.9 Å². The number of alkyl halides is 1. The number of anilines is 1. The smallest absolute Gasteiger partial charge is 0.224 e. The lowest BCUT2D eigenvalue weighted by molar-refractivity contribution is -0.116. The van der Waals surface area contributed by atoms with Crippen LogP contribution < -0.4 is 5.32 Å². The van der Waals surface area contributed by atoms with Gasteiger partial charge in [-0.2, -0.15) is 0 Å². The molecule has 0 aliphatic heterocycles. The lowest BCUT2D eigenvalue weighted by atomic mass is 10.2. The maximum absolute atomic E-state index is 11.4. The number of hydrogen-bond acceptors (Lipinski definition) is 1. The predicted molar refractivity (Wildman–Crippen MR) is 67.7 cm³/mol. The van der Waals surface area contributed by atoms with Crippen LogP contribution in [-0.4, -0.2) is 5.91 Å². The summed E-state index contributed by atoms with van der Waals surface area (Å²) in [5, 5.41) is 2.92. The van der Waals surface area contributed by atoms with Gasteiger partial charge in [-0.05, 0) is 18.1 Å². The Morgan fingerprint density at radius 1 is 1.43 bits per heavy atom. The second-order valence-corrected chi connectivity index (χ2v) is 3.85. The molecule has 0 heterocycles. The Morgan fingerprint density at radius 2 is 2.14 bits per heavy atom. The quantitative estimate of drug-likeness (QED) is 0.670. The summed E-state index contributed by atoms with van der Waals surface area (Å²) in [7, 11) is 0. The molecule has 1 rings (SSSR count). The van der Waals surface area contributed by atoms with E-state index in [4.69, 9.17) is 0 Å². The van der Waals surface area contributed by atoms with E-state index in [0.29, 0.717) is 6.42 Å². The van der Waals surface area contributed by atoms with Crippen LogP contribution in [0, 0.1) is 0 Å². The summed E-state index contributed by atoms with van der Waals surface area (Å²) >= 11 is 2.30. The molecule has 0 bridgehead atoms. The summed E-state index contributed by atoms with van der Waals surface area (Å²) in [5.74, 6) is 0.102. The van der Waals surface area contributed by atoms with Gasteiger partial charge in [0, 0.05) is 16.5 Å². The SMILES string of the molecule is CCCC(=O)Nc1ccccc1CI. The molecule has 0 saturated carbocycles. The number of rotatable bonds is 4. The molecule has 0 spiro atoms. The number of hydrogen-bond donors (Lipinski definition) is 1. The summed E-state index contributed by atoms with van der Waals surface area (Å²) in [6.45, 7) is 2.00. The highest BCUT2D eigenvalue weighted by atomic mass is 127. The number of carbonyl (C=O) groups excluding carboxylic acids is 1. The molecule has 0 atom stereocenters. The third kappa shape index (κ3) is 3.29. The fourth-order valence-corrected chi connectivity index (χ4v) is 1.86. The van der Waals surface area contributed by atoms with Crippen LogP contribution in [0.2, 0.25) is 0 Å². The van der Waals surface area contributed by atoms with Crippen molar-refractivity contribution >= 4 is 34.2 Å². The van der Waals surface area contributed by atoms with Gasteiger partial charge in [0.2, 0.25) is 5.91 Å². The monoisotopic (exact) mass is 303 g/mol. The molecule has 0 aliphatic rings. The molecular weight excluding hydrogens is 289 g/mol. The third-order valence-corrected chi connectivity index (χ3v) is 2.73. The van der Waals surface area contributed by atoms with Gasteiger partial charge in [-0.15, -0.1) is 0 Å². The van der Waals surface area contributed by atoms with E-state index in [9.17, 15) is 4.79 Å². The minimum absolute atomic E-state index is 0.102. The molecule has 1 N–H and O–H groups in total. The summed E-state index contributed by atoms with van der Waals surface area (Å²) in [6, 6.07) is 7.91. The van der Waals surface area contributed by atoms with E-state index in [1.807, 2.05) is 31.2 Å². The van der Waals surface area contributed by atoms with Crippen LogP contribution in [0.3, 0.4) is 0 Å². The molecule has 2 nitrogen and oxygen atoms in total. The van der Waals surface area contributed by atoms with Crippen LogP contribution in [0.15, 0.2) is 24.3 Å². The highest BCUT2D eigenvalue weighted by Gasteiger charge is 2.03. The lowest BCUT2D eigenvalue weighted by Gasteiger charge is -2.08. The van der Waals surface area contributed by atoms with Crippen LogP contribution in [0.25, 0.3) is 0 Å². The van der Waals surface area contributed by atoms with E-state index >= 15 is 0 Å². The highest BCUT2D eigenvalue weighted by molar-refractivity contribution is 14.1. The minimum atomic E-state index is 0.102. The van der Waals surface area contributed by atoms with Crippen molar-refractivity contribution in [2.75, 3.05) is 5.32 Å². The molecule has 1 amide bonds. The van der Waals surface area contributed by atoms with Gasteiger partial charge in [-0.1, -0.05) is 47.7 Å². The van der Waals surface area contributed by atoms with Gasteiger partial charge in [0.05, 0.1) is 0 Å². The van der Waals surface area contributed by atoms with Crippen LogP contribution in [-0.2, 0) is 9.22 Å². The number of para-hydroxylation sites is 1. The maximum atomic E-state index is 11.4. The molecule has 0 saturated heterocycles. The van der Waals surface area contributed by atoms with Gasteiger partial charge in [0.1, 0.15) is 0 Å². The zero-order valence-corrected chi connectivity index (χ0v) is 10.4. The van der Waals surface area contributed by atoms with Crippen LogP contribution in [0.5, 0.6) is 0 Å². The predicted octanol–water partition coefficient (Wildman–Crippen LogP) is 3.36. The molecule has 0 aromatic heterocycles. The summed E-state index contributed by atoms with van der Waals surface area (Å²) in [6.07, 6.45) is 1.48. The first-order chi connectivity index (χ1) is 6.77. The molecule has 3 heteroatoms. The van der Waals surface area contributed by atoms with Gasteiger partial charge < -0.3 is 5.32 Å². The first-order valence-electron chi connectivity index (χ1n) is 4.71. The largest absolute Gasteiger partial charge is 0.326 e. The van der Waals surface area contributed by atoms with Crippen molar-refractivity contribution < 1.29 is 4.79 Å². The van der Waals surface area contributed by atoms with Crippen molar-refractivity contribution in [3.05, 3.63) is 29.8 Å². The van der Waals surface area contributed by atoms with Gasteiger partial charge >= 0.3 is 0 Å². The molecule has 0 fully saturated rings. The Morgan fingerprint density at radius 3 is 2.79 bits per heavy atom. The zero-order valence-electron chi connectivity index (χ0n) is 8.22. The summed E-state index contributed by atoms with van der Waals surface area (Å²) < 4.78 is 0.917. The van der Waals surface area contributed by atoms with Crippen LogP contribution in [0.4, 0.5) is 5.69 Å². The lowest BCUT2D eigenvalue weighted by Crippen LogP contribution is -2.11. The summed E-state index contributed by atoms with van der Waals surface area (Å²) in [4.78, 5) is 11.4. The minimum Gasteiger partial charge on any atom is -0.326 e. The third-order valence-electron chi connectivity index (χ3n) is 1.91. The first-order valence-corrected chi connectivity index (χ1v) is 6.24. The van der Waals surface area contributed by atoms with Gasteiger partial charge in [0.15, 0.2) is 0 Å². The molecule has 1 aromatic rings. The summed E-state index contributed by atoms with van der Waals surface area (Å²) in [5.41, 5.74) is 2.12. The highest BCUT2D eigenvalue weighted by Crippen LogP contribution is 2.18. The molecule has 14 heavy (non-hydrogen) atoms. The molecule has 0 aliphatic carbocycles. The fourth-order valence-electron chi connectivity index (χ4n) is 1.20. The van der Waals surface area contributed by atoms with E-state index in [-0.39, 0.29) is 5.91 Å². The fraction of sp³-hybridized carbons (Fsp3) is 0.364. The van der Waals surface area contributed by atoms with E-state index in [1.165, 1.54) is 5.56 Å². The molecule has 0 unspecified atom stereocenters. The van der Waals surface area contributed by atoms with Crippen LogP contribution in [0.1, 0.15) is 25.3 Å². The van der Waals surface area contributed by atoms with Crippen molar-refractivity contribution in [2.24, 2.45) is 0 Å². The number of nitrogens with one attached hydrogen (secondary N) is 1. The standard InChI is InChI=1S/C11H14INO/c1-2-5-11(14)13-10-7-4-3-6-9(10)8-12/h3-4,6-7H,2,5,8H2,1H3,(H,13,14). The molecular formula is C11H14INO. The van der Waals surface area contributed by atoms with E-state index in [1.54, 1.807) is 0 Å². The van der Waals surface area contributed by atoms with Crippen molar-refractivity contribution in [1.82, 2.24) is 0 Å². The molecule has 76 valence electrons. The van der Waals surface area contributed by atoms with Crippen molar-refractivity contribution in [3.63, 3.8) is 0 Å². The van der Waals surface area contributed by atoms with E-state index in [0.717, 1.165) is 16.5 Å². The Balaban J connectivity index is 2.70. The number of halogens is 1. The van der Waals surface area contributed by atoms with Gasteiger partial charge in [-0.3, -0.25) is 4.79 Å². The Kier molecular flexibility index (Phi) is 4.93. The van der Waals surface area contributed by atoms with Gasteiger partial charge in [-0.25, -0.2) is 0 Å². The second-order valence-electron chi connectivity index (χ2n) is 3.09. The van der Waals surface area contributed by atoms with Crippen LogP contribution >= 0.6 is 22.6 Å². The normalized spacial score (nSPS) is 9.86. The van der Waals surface area contributed by atoms with Crippen molar-refractivity contribution in [3.8, 4) is 0 Å². The Hall–Kier alpha value is -0.580. The Bertz CT molecular complexity index is 312. The number of benzene rings is 1. The topological polar surface area (TPSA) is 29.1 Å². The Labute approximate surface area is 98.2 Å². The molecule has 1 aromatic carbocycles. The number of amides is 1. The van der Waals surface area contributed by atoms with Crippen molar-refractivity contribution in [2.45, 2.75) is 24.2 Å². The maximum Gasteiger partial charge on any atom is 0.224 e. The first kappa shape index (κ1) is 11.5. The van der Waals surface area contributed by atoms with Gasteiger partial charge in [0.25, 0.3) is 0 Å². The average Bonchev–Trinajstić information content (AvgIpc) is 2.19. The number of carbonyl (C=O) groups is 1. The van der Waals surface area contributed by atoms with Crippen molar-refractivity contribution in [1.29, 1.82) is 0 Å². The average molecular weight is 303 g/mol. The van der Waals surface area contributed by atoms with E-state index < -0.39 is 0 Å². The second kappa shape index (κ2) is 6.01. The molecule has 0 radical (unpaired) electrons. The zero-order chi connectivity index (χ0) is 10.4.